The van der Waals surface area contributed by atoms with Crippen LogP contribution in [0.2, 0.25) is 0 Å². The lowest BCUT2D eigenvalue weighted by molar-refractivity contribution is 0.501. The Kier molecular flexibility index (Phi) is 4.59. The van der Waals surface area contributed by atoms with E-state index in [2.05, 4.69) is 4.72 Å². The Morgan fingerprint density at radius 3 is 2.30 bits per heavy atom. The maximum atomic E-state index is 12.6. The second-order valence-electron chi connectivity index (χ2n) is 4.91. The Morgan fingerprint density at radius 2 is 1.65 bits per heavy atom. The number of alkyl halides is 2. The standard InChI is InChI=1S/C14H15Cl2NO2S/c1-14(9-15,10-16)17-20(18,19)13-8-4-6-11-5-2-3-7-12(11)13/h2-8,17H,9-10H2,1H3. The predicted octanol–water partition coefficient (Wildman–Crippen LogP) is 3.35. The summed E-state index contributed by atoms with van der Waals surface area (Å²) in [5.41, 5.74) is -0.876. The molecule has 0 saturated carbocycles. The number of sulfonamides is 1. The van der Waals surface area contributed by atoms with E-state index in [-0.39, 0.29) is 16.7 Å². The summed E-state index contributed by atoms with van der Waals surface area (Å²) >= 11 is 11.6. The van der Waals surface area contributed by atoms with Gasteiger partial charge in [0.15, 0.2) is 0 Å². The number of hydrogen-bond donors (Lipinski definition) is 1. The lowest BCUT2D eigenvalue weighted by Gasteiger charge is -2.25. The summed E-state index contributed by atoms with van der Waals surface area (Å²) in [6.45, 7) is 1.68. The average molecular weight is 332 g/mol. The fraction of sp³-hybridized carbons (Fsp3) is 0.286. The van der Waals surface area contributed by atoms with E-state index in [1.54, 1.807) is 25.1 Å². The summed E-state index contributed by atoms with van der Waals surface area (Å²) < 4.78 is 27.7. The molecule has 0 atom stereocenters. The lowest BCUT2D eigenvalue weighted by atomic mass is 10.1. The maximum Gasteiger partial charge on any atom is 0.241 e. The van der Waals surface area contributed by atoms with Gasteiger partial charge in [0.25, 0.3) is 0 Å². The molecular formula is C14H15Cl2NO2S. The minimum Gasteiger partial charge on any atom is -0.207 e. The topological polar surface area (TPSA) is 46.2 Å². The SMILES string of the molecule is CC(CCl)(CCl)NS(=O)(=O)c1cccc2ccccc12. The Hall–Kier alpha value is -0.810. The third-order valence-corrected chi connectivity index (χ3v) is 5.89. The van der Waals surface area contributed by atoms with Gasteiger partial charge in [-0.05, 0) is 18.4 Å². The fourth-order valence-corrected chi connectivity index (χ4v) is 4.11. The molecule has 0 spiro atoms. The Bertz CT molecular complexity index is 707. The van der Waals surface area contributed by atoms with Crippen LogP contribution in [0, 0.1) is 0 Å². The van der Waals surface area contributed by atoms with Gasteiger partial charge < -0.3 is 0 Å². The molecule has 2 aromatic rings. The van der Waals surface area contributed by atoms with Crippen LogP contribution in [0.3, 0.4) is 0 Å². The largest absolute Gasteiger partial charge is 0.241 e. The van der Waals surface area contributed by atoms with Gasteiger partial charge in [-0.1, -0.05) is 36.4 Å². The van der Waals surface area contributed by atoms with Crippen molar-refractivity contribution in [1.82, 2.24) is 4.72 Å². The number of hydrogen-bond acceptors (Lipinski definition) is 2. The van der Waals surface area contributed by atoms with Crippen molar-refractivity contribution < 1.29 is 8.42 Å². The van der Waals surface area contributed by atoms with Gasteiger partial charge in [-0.2, -0.15) is 0 Å². The molecule has 0 heterocycles. The summed E-state index contributed by atoms with van der Waals surface area (Å²) in [5.74, 6) is 0.195. The maximum absolute atomic E-state index is 12.6. The number of nitrogens with one attached hydrogen (secondary N) is 1. The average Bonchev–Trinajstić information content (AvgIpc) is 2.46. The highest BCUT2D eigenvalue weighted by Crippen LogP contribution is 2.24. The minimum absolute atomic E-state index is 0.0977. The number of fused-ring (bicyclic) bond motifs is 1. The van der Waals surface area contributed by atoms with Gasteiger partial charge in [0.1, 0.15) is 0 Å². The number of benzene rings is 2. The molecule has 0 aromatic heterocycles. The van der Waals surface area contributed by atoms with Crippen LogP contribution in [0.5, 0.6) is 0 Å². The van der Waals surface area contributed by atoms with E-state index in [9.17, 15) is 8.42 Å². The van der Waals surface area contributed by atoms with Crippen LogP contribution in [0.1, 0.15) is 6.92 Å². The van der Waals surface area contributed by atoms with Gasteiger partial charge in [-0.25, -0.2) is 13.1 Å². The van der Waals surface area contributed by atoms with Crippen molar-refractivity contribution in [3.05, 3.63) is 42.5 Å². The Morgan fingerprint density at radius 1 is 1.05 bits per heavy atom. The van der Waals surface area contributed by atoms with Gasteiger partial charge in [0.05, 0.1) is 10.4 Å². The zero-order chi connectivity index (χ0) is 14.8. The molecule has 0 aliphatic heterocycles. The van der Waals surface area contributed by atoms with E-state index in [0.717, 1.165) is 5.39 Å². The number of halogens is 2. The van der Waals surface area contributed by atoms with Crippen molar-refractivity contribution in [2.75, 3.05) is 11.8 Å². The molecule has 0 radical (unpaired) electrons. The van der Waals surface area contributed by atoms with Crippen LogP contribution >= 0.6 is 23.2 Å². The molecule has 0 bridgehead atoms. The molecule has 108 valence electrons. The van der Waals surface area contributed by atoms with Crippen molar-refractivity contribution >= 4 is 44.0 Å². The molecule has 2 rings (SSSR count). The van der Waals surface area contributed by atoms with Gasteiger partial charge in [0, 0.05) is 17.1 Å². The first-order valence-corrected chi connectivity index (χ1v) is 8.61. The monoisotopic (exact) mass is 331 g/mol. The Balaban J connectivity index is 2.53. The summed E-state index contributed by atoms with van der Waals surface area (Å²) in [4.78, 5) is 0.233. The molecule has 6 heteroatoms. The molecule has 0 unspecified atom stereocenters. The highest BCUT2D eigenvalue weighted by atomic mass is 35.5. The summed E-state index contributed by atoms with van der Waals surface area (Å²) in [5, 5.41) is 1.54. The molecular weight excluding hydrogens is 317 g/mol. The van der Waals surface area contributed by atoms with Gasteiger partial charge in [0.2, 0.25) is 10.0 Å². The van der Waals surface area contributed by atoms with Crippen LogP contribution in [0.15, 0.2) is 47.4 Å². The molecule has 0 amide bonds. The fourth-order valence-electron chi connectivity index (χ4n) is 1.90. The van der Waals surface area contributed by atoms with Crippen molar-refractivity contribution in [2.24, 2.45) is 0 Å². The zero-order valence-corrected chi connectivity index (χ0v) is 13.3. The highest BCUT2D eigenvalue weighted by molar-refractivity contribution is 7.89. The van der Waals surface area contributed by atoms with Crippen LogP contribution in [-0.2, 0) is 10.0 Å². The summed E-state index contributed by atoms with van der Waals surface area (Å²) in [6.07, 6.45) is 0. The van der Waals surface area contributed by atoms with Crippen LogP contribution in [0.25, 0.3) is 10.8 Å². The highest BCUT2D eigenvalue weighted by Gasteiger charge is 2.30. The normalized spacial score (nSPS) is 12.8. The summed E-state index contributed by atoms with van der Waals surface area (Å²) in [7, 11) is -3.69. The first kappa shape index (κ1) is 15.6. The minimum atomic E-state index is -3.69. The van der Waals surface area contributed by atoms with E-state index in [4.69, 9.17) is 23.2 Å². The smallest absolute Gasteiger partial charge is 0.207 e. The van der Waals surface area contributed by atoms with Crippen LogP contribution in [0.4, 0.5) is 0 Å². The van der Waals surface area contributed by atoms with Crippen molar-refractivity contribution in [3.8, 4) is 0 Å². The predicted molar refractivity (Wildman–Crippen MR) is 84.1 cm³/mol. The molecule has 2 aromatic carbocycles. The first-order chi connectivity index (χ1) is 9.42. The van der Waals surface area contributed by atoms with Crippen LogP contribution in [-0.4, -0.2) is 25.7 Å². The van der Waals surface area contributed by atoms with Gasteiger partial charge in [-0.15, -0.1) is 23.2 Å². The van der Waals surface area contributed by atoms with E-state index < -0.39 is 15.6 Å². The van der Waals surface area contributed by atoms with Gasteiger partial charge >= 0.3 is 0 Å². The Labute approximate surface area is 128 Å². The lowest BCUT2D eigenvalue weighted by Crippen LogP contribution is -2.49. The van der Waals surface area contributed by atoms with E-state index >= 15 is 0 Å². The van der Waals surface area contributed by atoms with Gasteiger partial charge in [-0.3, -0.25) is 0 Å². The quantitative estimate of drug-likeness (QED) is 0.854. The zero-order valence-electron chi connectivity index (χ0n) is 10.9. The molecule has 0 aliphatic carbocycles. The van der Waals surface area contributed by atoms with E-state index in [1.165, 1.54) is 0 Å². The second-order valence-corrected chi connectivity index (χ2v) is 7.10. The van der Waals surface area contributed by atoms with Crippen molar-refractivity contribution in [2.45, 2.75) is 17.4 Å². The third kappa shape index (κ3) is 3.09. The molecule has 0 aliphatic rings. The van der Waals surface area contributed by atoms with Crippen molar-refractivity contribution in [1.29, 1.82) is 0 Å². The van der Waals surface area contributed by atoms with E-state index in [1.807, 2.05) is 24.3 Å². The molecule has 20 heavy (non-hydrogen) atoms. The molecule has 3 nitrogen and oxygen atoms in total. The van der Waals surface area contributed by atoms with Crippen molar-refractivity contribution in [3.63, 3.8) is 0 Å². The number of rotatable bonds is 5. The van der Waals surface area contributed by atoms with Crippen LogP contribution < -0.4 is 4.72 Å². The van der Waals surface area contributed by atoms with E-state index in [0.29, 0.717) is 5.39 Å². The summed E-state index contributed by atoms with van der Waals surface area (Å²) in [6, 6.07) is 12.5. The molecule has 1 N–H and O–H groups in total. The molecule has 0 saturated heterocycles. The third-order valence-electron chi connectivity index (χ3n) is 3.01. The molecule has 0 fully saturated rings. The second kappa shape index (κ2) is 5.90. The first-order valence-electron chi connectivity index (χ1n) is 6.05.